The van der Waals surface area contributed by atoms with Crippen molar-refractivity contribution in [2.75, 3.05) is 13.2 Å². The third-order valence-electron chi connectivity index (χ3n) is 10.5. The fraction of sp³-hybridized carbons (Fsp3) is 0.362. The molecule has 6 rings (SSSR count). The van der Waals surface area contributed by atoms with Crippen LogP contribution < -0.4 is 4.18 Å². The maximum absolute atomic E-state index is 12.6. The second-order valence-corrected chi connectivity index (χ2v) is 16.9. The minimum atomic E-state index is -5.69. The molecule has 0 aromatic heterocycles. The molecule has 0 saturated heterocycles. The molecule has 4 aromatic rings. The topological polar surface area (TPSA) is 136 Å². The highest BCUT2D eigenvalue weighted by Crippen LogP contribution is 2.38. The molecule has 4 aromatic carbocycles. The monoisotopic (exact) mass is 970 g/mol. The lowest BCUT2D eigenvalue weighted by Crippen LogP contribution is -2.28. The standard InChI is InChI=1S/C23H23F3O2.C15H17F3O5S.C9H8BF3O2/c1-2-28-22(27)15-19-5-3-4-18-14-17(10-13-21(18)19)7-6-16-8-11-20(12-9-16)23(24,25)26;1-2-22-14(19)9-11-5-3-4-10-8-12(6-7-13(10)11)23-24(20,21)15(16,17)18;11-9(12,13)8-3-1-7(2-4-8)5-6-10(14)15/h6-14,19H,2-5,15H2,1H3;6-8,11H,2-5,9H2,1H3;1-6,14-15H/b7-6+;;6-5+. The number of halogens is 9. The first-order valence-electron chi connectivity index (χ1n) is 21.0. The highest BCUT2D eigenvalue weighted by Gasteiger charge is 2.48. The highest BCUT2D eigenvalue weighted by molar-refractivity contribution is 7.88. The van der Waals surface area contributed by atoms with Crippen molar-refractivity contribution in [2.24, 2.45) is 0 Å². The van der Waals surface area contributed by atoms with Crippen LogP contribution >= 0.6 is 0 Å². The summed E-state index contributed by atoms with van der Waals surface area (Å²) in [5.74, 6) is 0.268. The maximum atomic E-state index is 12.6. The van der Waals surface area contributed by atoms with E-state index in [1.165, 1.54) is 59.7 Å². The highest BCUT2D eigenvalue weighted by atomic mass is 32.2. The Labute approximate surface area is 382 Å². The van der Waals surface area contributed by atoms with Gasteiger partial charge in [-0.1, -0.05) is 72.7 Å². The predicted octanol–water partition coefficient (Wildman–Crippen LogP) is 11.3. The van der Waals surface area contributed by atoms with E-state index < -0.39 is 46.2 Å². The summed E-state index contributed by atoms with van der Waals surface area (Å²) < 4.78 is 148. The summed E-state index contributed by atoms with van der Waals surface area (Å²) in [5.41, 5.74) is -0.750. The van der Waals surface area contributed by atoms with Crippen LogP contribution in [0.4, 0.5) is 39.5 Å². The minimum Gasteiger partial charge on any atom is -0.466 e. The molecule has 9 nitrogen and oxygen atoms in total. The lowest BCUT2D eigenvalue weighted by atomic mass is 9.80. The Morgan fingerprint density at radius 3 is 1.48 bits per heavy atom. The third-order valence-corrected chi connectivity index (χ3v) is 11.5. The van der Waals surface area contributed by atoms with Gasteiger partial charge in [0.25, 0.3) is 0 Å². The molecule has 0 saturated carbocycles. The molecule has 2 aliphatic rings. The summed E-state index contributed by atoms with van der Waals surface area (Å²) in [4.78, 5) is 23.5. The molecule has 67 heavy (non-hydrogen) atoms. The van der Waals surface area contributed by atoms with Gasteiger partial charge in [0.15, 0.2) is 0 Å². The number of rotatable bonds is 12. The molecule has 0 spiro atoms. The summed E-state index contributed by atoms with van der Waals surface area (Å²) >= 11 is 0. The van der Waals surface area contributed by atoms with Crippen molar-refractivity contribution in [2.45, 2.75) is 94.9 Å². The first-order chi connectivity index (χ1) is 31.4. The molecule has 362 valence electrons. The van der Waals surface area contributed by atoms with Crippen molar-refractivity contribution < 1.29 is 81.2 Å². The van der Waals surface area contributed by atoms with E-state index in [0.29, 0.717) is 36.1 Å². The van der Waals surface area contributed by atoms with E-state index in [0.717, 1.165) is 73.5 Å². The van der Waals surface area contributed by atoms with Crippen molar-refractivity contribution >= 4 is 47.4 Å². The molecule has 0 radical (unpaired) electrons. The Kier molecular flexibility index (Phi) is 19.3. The van der Waals surface area contributed by atoms with Crippen LogP contribution in [-0.2, 0) is 54.4 Å². The SMILES string of the molecule is CCOC(=O)CC1CCCc2cc(/C=C/c3ccc(C(F)(F)F)cc3)ccc21.CCOC(=O)CC1CCCc2cc(OS(=O)(=O)C(F)(F)F)ccc21.OB(O)/C=C/c1ccc(C(F)(F)F)cc1. The molecule has 20 heteroatoms. The van der Waals surface area contributed by atoms with Crippen molar-refractivity contribution in [3.8, 4) is 5.75 Å². The van der Waals surface area contributed by atoms with Gasteiger partial charge in [-0.15, -0.1) is 0 Å². The average Bonchev–Trinajstić information content (AvgIpc) is 3.25. The first-order valence-corrected chi connectivity index (χ1v) is 22.5. The number of esters is 2. The van der Waals surface area contributed by atoms with E-state index in [4.69, 9.17) is 19.5 Å². The van der Waals surface area contributed by atoms with Gasteiger partial charge in [0.1, 0.15) is 5.75 Å². The average molecular weight is 971 g/mol. The number of alkyl halides is 9. The summed E-state index contributed by atoms with van der Waals surface area (Å²) in [5, 5.41) is 17.0. The van der Waals surface area contributed by atoms with Crippen LogP contribution in [-0.4, -0.2) is 56.2 Å². The first kappa shape index (κ1) is 54.0. The van der Waals surface area contributed by atoms with Gasteiger partial charge in [0, 0.05) is 0 Å². The van der Waals surface area contributed by atoms with Crippen LogP contribution in [0.1, 0.15) is 114 Å². The number of carbonyl (C=O) groups excluding carboxylic acids is 2. The minimum absolute atomic E-state index is 0.0962. The van der Waals surface area contributed by atoms with Crippen LogP contribution in [0.2, 0.25) is 0 Å². The predicted molar refractivity (Wildman–Crippen MR) is 233 cm³/mol. The molecule has 2 N–H and O–H groups in total. The van der Waals surface area contributed by atoms with Gasteiger partial charge in [-0.05, 0) is 140 Å². The fourth-order valence-electron chi connectivity index (χ4n) is 7.38. The summed E-state index contributed by atoms with van der Waals surface area (Å²) in [6, 6.07) is 19.6. The Morgan fingerprint density at radius 1 is 0.627 bits per heavy atom. The smallest absolute Gasteiger partial charge is 0.466 e. The molecule has 0 amide bonds. The number of aryl methyl sites for hydroxylation is 2. The van der Waals surface area contributed by atoms with Crippen molar-refractivity contribution in [3.63, 3.8) is 0 Å². The van der Waals surface area contributed by atoms with Gasteiger partial charge in [0.2, 0.25) is 0 Å². The Bertz CT molecular complexity index is 2430. The second-order valence-electron chi connectivity index (χ2n) is 15.3. The summed E-state index contributed by atoms with van der Waals surface area (Å²) in [6.45, 7) is 4.19. The van der Waals surface area contributed by atoms with Crippen LogP contribution in [0, 0.1) is 0 Å². The quantitative estimate of drug-likeness (QED) is 0.0355. The van der Waals surface area contributed by atoms with E-state index in [9.17, 15) is 57.5 Å². The zero-order chi connectivity index (χ0) is 49.6. The number of carbonyl (C=O) groups is 2. The normalized spacial score (nSPS) is 16.1. The van der Waals surface area contributed by atoms with Gasteiger partial charge in [-0.2, -0.15) is 47.9 Å². The largest absolute Gasteiger partial charge is 0.534 e. The van der Waals surface area contributed by atoms with Gasteiger partial charge >= 0.3 is 47.0 Å². The lowest BCUT2D eigenvalue weighted by Gasteiger charge is -2.25. The summed E-state index contributed by atoms with van der Waals surface area (Å²) in [7, 11) is -7.30. The molecular weight excluding hydrogens is 922 g/mol. The lowest BCUT2D eigenvalue weighted by molar-refractivity contribution is -0.144. The van der Waals surface area contributed by atoms with Gasteiger partial charge in [-0.3, -0.25) is 9.59 Å². The summed E-state index contributed by atoms with van der Waals surface area (Å²) in [6.07, 6.45) is 2.01. The zero-order valence-electron chi connectivity index (χ0n) is 36.3. The van der Waals surface area contributed by atoms with E-state index in [-0.39, 0.29) is 42.6 Å². The van der Waals surface area contributed by atoms with Crippen LogP contribution in [0.5, 0.6) is 5.75 Å². The van der Waals surface area contributed by atoms with Gasteiger partial charge < -0.3 is 23.7 Å². The molecule has 0 heterocycles. The number of hydrogen-bond acceptors (Lipinski definition) is 9. The molecule has 2 unspecified atom stereocenters. The zero-order valence-corrected chi connectivity index (χ0v) is 37.1. The molecule has 2 atom stereocenters. The van der Waals surface area contributed by atoms with E-state index >= 15 is 0 Å². The van der Waals surface area contributed by atoms with Crippen LogP contribution in [0.3, 0.4) is 0 Å². The van der Waals surface area contributed by atoms with E-state index in [1.807, 2.05) is 19.1 Å². The third kappa shape index (κ3) is 16.9. The number of ether oxygens (including phenoxy) is 2. The van der Waals surface area contributed by atoms with E-state index in [2.05, 4.69) is 16.3 Å². The van der Waals surface area contributed by atoms with E-state index in [1.54, 1.807) is 13.0 Å². The molecule has 0 bridgehead atoms. The fourth-order valence-corrected chi connectivity index (χ4v) is 7.83. The molecule has 0 aliphatic heterocycles. The maximum Gasteiger partial charge on any atom is 0.534 e. The Hall–Kier alpha value is -5.60. The number of fused-ring (bicyclic) bond motifs is 2. The van der Waals surface area contributed by atoms with Crippen LogP contribution in [0.15, 0.2) is 90.9 Å². The second kappa shape index (κ2) is 23.9. The number of benzene rings is 4. The van der Waals surface area contributed by atoms with Crippen molar-refractivity contribution in [3.05, 3.63) is 141 Å². The van der Waals surface area contributed by atoms with Crippen molar-refractivity contribution in [1.82, 2.24) is 0 Å². The molecule has 2 aliphatic carbocycles. The Morgan fingerprint density at radius 2 is 1.04 bits per heavy atom. The van der Waals surface area contributed by atoms with Crippen LogP contribution in [0.25, 0.3) is 18.2 Å². The Balaban J connectivity index is 0.000000229. The molecular formula is C47H48BF9O9S. The molecule has 0 fully saturated rings. The number of hydrogen-bond donors (Lipinski definition) is 2. The van der Waals surface area contributed by atoms with Crippen molar-refractivity contribution in [1.29, 1.82) is 0 Å². The van der Waals surface area contributed by atoms with Gasteiger partial charge in [0.05, 0.1) is 37.2 Å². The van der Waals surface area contributed by atoms with Gasteiger partial charge in [-0.25, -0.2) is 0 Å².